The second-order valence-electron chi connectivity index (χ2n) is 1.85. The maximum Gasteiger partial charge on any atom is 0.137 e. The summed E-state index contributed by atoms with van der Waals surface area (Å²) in [5.74, 6) is 1.41. The molecule has 0 N–H and O–H groups in total. The van der Waals surface area contributed by atoms with Crippen LogP contribution < -0.4 is 0 Å². The van der Waals surface area contributed by atoms with Crippen LogP contribution in [0.5, 0.6) is 0 Å². The van der Waals surface area contributed by atoms with Gasteiger partial charge in [-0.15, -0.1) is 0 Å². The van der Waals surface area contributed by atoms with Crippen molar-refractivity contribution < 1.29 is 4.74 Å². The molecule has 0 bridgehead atoms. The molecule has 0 amide bonds. The Labute approximate surface area is 61.9 Å². The van der Waals surface area contributed by atoms with Gasteiger partial charge in [0.05, 0.1) is 12.0 Å². The van der Waals surface area contributed by atoms with Crippen molar-refractivity contribution in [1.82, 2.24) is 0 Å². The number of ether oxygens (including phenoxy) is 1. The summed E-state index contributed by atoms with van der Waals surface area (Å²) in [6.45, 7) is 7.40. The van der Waals surface area contributed by atoms with Crippen molar-refractivity contribution in [3.05, 3.63) is 24.2 Å². The Morgan fingerprint density at radius 2 is 2.20 bits per heavy atom. The lowest BCUT2D eigenvalue weighted by Crippen LogP contribution is -1.88. The Morgan fingerprint density at radius 1 is 1.60 bits per heavy atom. The molecule has 0 fully saturated rings. The number of allylic oxidation sites excluding steroid dienone is 3. The molecule has 0 aromatic carbocycles. The van der Waals surface area contributed by atoms with Crippen LogP contribution in [0, 0.1) is 0 Å². The number of nitrogens with zero attached hydrogens (tertiary/aromatic N) is 1. The van der Waals surface area contributed by atoms with E-state index in [-0.39, 0.29) is 0 Å². The molecule has 0 aliphatic rings. The Morgan fingerprint density at radius 3 is 2.60 bits per heavy atom. The van der Waals surface area contributed by atoms with Crippen LogP contribution in [0.3, 0.4) is 0 Å². The minimum atomic E-state index is 0.568. The van der Waals surface area contributed by atoms with Crippen molar-refractivity contribution in [3.63, 3.8) is 0 Å². The van der Waals surface area contributed by atoms with Crippen LogP contribution in [0.2, 0.25) is 0 Å². The molecule has 0 saturated carbocycles. The van der Waals surface area contributed by atoms with Crippen LogP contribution >= 0.6 is 0 Å². The molecule has 0 spiro atoms. The Balaban J connectivity index is 3.80. The second kappa shape index (κ2) is 4.79. The normalized spacial score (nSPS) is 12.1. The molecule has 0 aromatic heterocycles. The quantitative estimate of drug-likeness (QED) is 0.433. The average molecular weight is 139 g/mol. The molecule has 2 heteroatoms. The van der Waals surface area contributed by atoms with Crippen molar-refractivity contribution in [2.24, 2.45) is 4.99 Å². The monoisotopic (exact) mass is 139 g/mol. The van der Waals surface area contributed by atoms with E-state index in [0.717, 1.165) is 5.76 Å². The molecule has 56 valence electrons. The van der Waals surface area contributed by atoms with Crippen LogP contribution in [0.25, 0.3) is 0 Å². The van der Waals surface area contributed by atoms with Gasteiger partial charge in [-0.2, -0.15) is 0 Å². The fourth-order valence-electron chi connectivity index (χ4n) is 0.436. The summed E-state index contributed by atoms with van der Waals surface area (Å²) in [5.41, 5.74) is 0. The number of hydrogen-bond acceptors (Lipinski definition) is 2. The van der Waals surface area contributed by atoms with E-state index in [2.05, 4.69) is 11.6 Å². The molecule has 0 unspecified atom stereocenters. The van der Waals surface area contributed by atoms with Gasteiger partial charge in [-0.25, -0.2) is 0 Å². The summed E-state index contributed by atoms with van der Waals surface area (Å²) in [5, 5.41) is 0. The Kier molecular flexibility index (Phi) is 4.29. The van der Waals surface area contributed by atoms with Gasteiger partial charge in [-0.1, -0.05) is 6.58 Å². The van der Waals surface area contributed by atoms with E-state index in [9.17, 15) is 0 Å². The van der Waals surface area contributed by atoms with E-state index in [1.54, 1.807) is 13.3 Å². The van der Waals surface area contributed by atoms with Gasteiger partial charge in [-0.3, -0.25) is 4.99 Å². The van der Waals surface area contributed by atoms with Gasteiger partial charge >= 0.3 is 0 Å². The fourth-order valence-corrected chi connectivity index (χ4v) is 0.436. The van der Waals surface area contributed by atoms with Crippen molar-refractivity contribution in [1.29, 1.82) is 0 Å². The van der Waals surface area contributed by atoms with E-state index in [0.29, 0.717) is 5.76 Å². The number of aliphatic imine (C=N–C) groups is 1. The highest BCUT2D eigenvalue weighted by Crippen LogP contribution is 2.00. The van der Waals surface area contributed by atoms with Gasteiger partial charge < -0.3 is 4.74 Å². The second-order valence-corrected chi connectivity index (χ2v) is 1.85. The summed E-state index contributed by atoms with van der Waals surface area (Å²) in [7, 11) is 1.68. The first-order valence-electron chi connectivity index (χ1n) is 3.12. The number of rotatable bonds is 3. The summed E-state index contributed by atoms with van der Waals surface area (Å²) in [6, 6.07) is 0. The molecule has 0 aliphatic carbocycles. The lowest BCUT2D eigenvalue weighted by atomic mass is 10.5. The molecule has 0 rings (SSSR count). The minimum Gasteiger partial charge on any atom is -0.461 e. The van der Waals surface area contributed by atoms with Gasteiger partial charge in [0, 0.05) is 7.05 Å². The van der Waals surface area contributed by atoms with E-state index in [1.807, 2.05) is 19.9 Å². The largest absolute Gasteiger partial charge is 0.461 e. The zero-order chi connectivity index (χ0) is 7.98. The molecule has 0 saturated heterocycles. The average Bonchev–Trinajstić information content (AvgIpc) is 1.88. The highest BCUT2D eigenvalue weighted by atomic mass is 16.5. The van der Waals surface area contributed by atoms with Gasteiger partial charge in [0.25, 0.3) is 0 Å². The maximum atomic E-state index is 5.16. The number of hydrogen-bond donors (Lipinski definition) is 0. The molecule has 0 atom stereocenters. The highest BCUT2D eigenvalue weighted by molar-refractivity contribution is 5.74. The first-order chi connectivity index (χ1) is 4.70. The van der Waals surface area contributed by atoms with E-state index >= 15 is 0 Å². The van der Waals surface area contributed by atoms with Crippen LogP contribution in [0.1, 0.15) is 13.8 Å². The summed E-state index contributed by atoms with van der Waals surface area (Å²) in [4.78, 5) is 3.75. The predicted molar refractivity (Wildman–Crippen MR) is 44.1 cm³/mol. The smallest absolute Gasteiger partial charge is 0.137 e. The third-order valence-corrected chi connectivity index (χ3v) is 0.972. The van der Waals surface area contributed by atoms with E-state index in [4.69, 9.17) is 4.74 Å². The van der Waals surface area contributed by atoms with E-state index < -0.39 is 0 Å². The van der Waals surface area contributed by atoms with Crippen LogP contribution in [-0.4, -0.2) is 13.3 Å². The van der Waals surface area contributed by atoms with E-state index in [1.165, 1.54) is 0 Å². The maximum absolute atomic E-state index is 5.16. The molecular formula is C8H13NO. The third kappa shape index (κ3) is 3.89. The van der Waals surface area contributed by atoms with Gasteiger partial charge in [0.2, 0.25) is 0 Å². The first kappa shape index (κ1) is 8.95. The molecule has 10 heavy (non-hydrogen) atoms. The third-order valence-electron chi connectivity index (χ3n) is 0.972. The fraction of sp³-hybridized carbons (Fsp3) is 0.375. The summed E-state index contributed by atoms with van der Waals surface area (Å²) < 4.78 is 5.16. The van der Waals surface area contributed by atoms with Crippen LogP contribution in [0.4, 0.5) is 0 Å². The zero-order valence-corrected chi connectivity index (χ0v) is 6.72. The minimum absolute atomic E-state index is 0.568. The topological polar surface area (TPSA) is 21.6 Å². The lowest BCUT2D eigenvalue weighted by Gasteiger charge is -2.01. The van der Waals surface area contributed by atoms with Crippen LogP contribution in [0.15, 0.2) is 29.2 Å². The summed E-state index contributed by atoms with van der Waals surface area (Å²) >= 11 is 0. The van der Waals surface area contributed by atoms with Crippen molar-refractivity contribution in [2.45, 2.75) is 13.8 Å². The Bertz CT molecular complexity index is 168. The van der Waals surface area contributed by atoms with Crippen molar-refractivity contribution >= 4 is 6.21 Å². The highest BCUT2D eigenvalue weighted by Gasteiger charge is 1.88. The molecule has 0 aromatic rings. The standard InChI is InChI=1S/C8H13NO/c1-5-7(2)10-8(3)6-9-4/h5-6H,3H2,1-2,4H3/b7-5+,9-6?. The molecule has 0 radical (unpaired) electrons. The molecule has 0 aliphatic heterocycles. The predicted octanol–water partition coefficient (Wildman–Crippen LogP) is 2.14. The zero-order valence-electron chi connectivity index (χ0n) is 6.72. The van der Waals surface area contributed by atoms with Crippen molar-refractivity contribution in [2.75, 3.05) is 7.05 Å². The molecular weight excluding hydrogens is 126 g/mol. The van der Waals surface area contributed by atoms with Gasteiger partial charge in [0.1, 0.15) is 5.76 Å². The molecule has 0 heterocycles. The summed E-state index contributed by atoms with van der Waals surface area (Å²) in [6.07, 6.45) is 3.45. The van der Waals surface area contributed by atoms with Gasteiger partial charge in [0.15, 0.2) is 0 Å². The lowest BCUT2D eigenvalue weighted by molar-refractivity contribution is 0.333. The first-order valence-corrected chi connectivity index (χ1v) is 3.12. The van der Waals surface area contributed by atoms with Crippen molar-refractivity contribution in [3.8, 4) is 0 Å². The SMILES string of the molecule is C=C(C=NC)O/C(C)=C/C. The Hall–Kier alpha value is -1.05. The van der Waals surface area contributed by atoms with Gasteiger partial charge in [-0.05, 0) is 19.9 Å². The van der Waals surface area contributed by atoms with Crippen LogP contribution in [-0.2, 0) is 4.74 Å². The molecule has 2 nitrogen and oxygen atoms in total.